The van der Waals surface area contributed by atoms with Crippen LogP contribution in [0.15, 0.2) is 70.9 Å². The average molecular weight is 204 g/mol. The van der Waals surface area contributed by atoms with Crippen LogP contribution in [0.4, 0.5) is 0 Å². The van der Waals surface area contributed by atoms with Crippen molar-refractivity contribution in [1.29, 1.82) is 0 Å². The van der Waals surface area contributed by atoms with Gasteiger partial charge in [0, 0.05) is 0 Å². The minimum Gasteiger partial charge on any atom is -0.0726 e. The standard InChI is InChI=1S/C16H12/c1-3-9-7-13-14-8-10-4-2-6-12(10)16(14)15(13)11(9)5-1/h1-8,13-16H/t13-,14-,15-,16-/m0/s1. The van der Waals surface area contributed by atoms with Crippen molar-refractivity contribution in [2.45, 2.75) is 0 Å². The Balaban J connectivity index is 1.66. The lowest BCUT2D eigenvalue weighted by molar-refractivity contribution is 0.130. The summed E-state index contributed by atoms with van der Waals surface area (Å²) in [6.07, 6.45) is 18.6. The summed E-state index contributed by atoms with van der Waals surface area (Å²) in [4.78, 5) is 0. The van der Waals surface area contributed by atoms with Crippen LogP contribution in [0.1, 0.15) is 0 Å². The Morgan fingerprint density at radius 2 is 1.19 bits per heavy atom. The molecule has 1 fully saturated rings. The smallest absolute Gasteiger partial charge is 0.00120 e. The molecule has 0 bridgehead atoms. The van der Waals surface area contributed by atoms with Gasteiger partial charge in [0.25, 0.3) is 0 Å². The van der Waals surface area contributed by atoms with Crippen molar-refractivity contribution in [3.8, 4) is 0 Å². The van der Waals surface area contributed by atoms with Gasteiger partial charge in [0.15, 0.2) is 0 Å². The Morgan fingerprint density at radius 1 is 0.688 bits per heavy atom. The molecule has 0 saturated heterocycles. The quantitative estimate of drug-likeness (QED) is 0.567. The van der Waals surface area contributed by atoms with Crippen LogP contribution in [-0.2, 0) is 0 Å². The second-order valence-electron chi connectivity index (χ2n) is 5.41. The molecule has 0 radical (unpaired) electrons. The molecule has 76 valence electrons. The third-order valence-corrected chi connectivity index (χ3v) is 4.89. The Hall–Kier alpha value is -1.56. The molecule has 0 heterocycles. The summed E-state index contributed by atoms with van der Waals surface area (Å²) in [6, 6.07) is 0. The highest BCUT2D eigenvalue weighted by molar-refractivity contribution is 5.64. The lowest BCUT2D eigenvalue weighted by Gasteiger charge is -2.45. The minimum absolute atomic E-state index is 0.787. The maximum absolute atomic E-state index is 2.50. The van der Waals surface area contributed by atoms with E-state index in [0.29, 0.717) is 0 Å². The summed E-state index contributed by atoms with van der Waals surface area (Å²) in [5.41, 5.74) is 6.22. The van der Waals surface area contributed by atoms with Crippen LogP contribution < -0.4 is 0 Å². The van der Waals surface area contributed by atoms with Gasteiger partial charge in [0.1, 0.15) is 0 Å². The van der Waals surface area contributed by atoms with Crippen molar-refractivity contribution in [3.05, 3.63) is 70.9 Å². The highest BCUT2D eigenvalue weighted by atomic mass is 14.6. The molecule has 16 heavy (non-hydrogen) atoms. The second kappa shape index (κ2) is 2.24. The summed E-state index contributed by atoms with van der Waals surface area (Å²) in [5.74, 6) is 3.16. The van der Waals surface area contributed by atoms with Crippen LogP contribution >= 0.6 is 0 Å². The highest BCUT2D eigenvalue weighted by Crippen LogP contribution is 2.65. The minimum atomic E-state index is 0.787. The van der Waals surface area contributed by atoms with Gasteiger partial charge in [-0.3, -0.25) is 0 Å². The summed E-state index contributed by atoms with van der Waals surface area (Å²) >= 11 is 0. The van der Waals surface area contributed by atoms with Crippen molar-refractivity contribution >= 4 is 0 Å². The molecule has 5 aliphatic rings. The van der Waals surface area contributed by atoms with E-state index in [-0.39, 0.29) is 0 Å². The molecule has 4 atom stereocenters. The Morgan fingerprint density at radius 3 is 1.69 bits per heavy atom. The number of fused-ring (bicyclic) bond motifs is 8. The first kappa shape index (κ1) is 7.67. The molecular weight excluding hydrogens is 192 g/mol. The van der Waals surface area contributed by atoms with Crippen molar-refractivity contribution in [2.24, 2.45) is 23.7 Å². The molecule has 0 nitrogen and oxygen atoms in total. The first-order chi connectivity index (χ1) is 7.93. The Kier molecular flexibility index (Phi) is 1.08. The Labute approximate surface area is 95.0 Å². The monoisotopic (exact) mass is 204 g/mol. The zero-order valence-electron chi connectivity index (χ0n) is 8.93. The molecule has 5 aliphatic carbocycles. The van der Waals surface area contributed by atoms with E-state index in [1.165, 1.54) is 11.1 Å². The van der Waals surface area contributed by atoms with Gasteiger partial charge in [0.05, 0.1) is 0 Å². The topological polar surface area (TPSA) is 0 Å². The van der Waals surface area contributed by atoms with Crippen LogP contribution in [0, 0.1) is 23.7 Å². The SMILES string of the molecule is C1=CC2=C[C@H]3[C@@H]4C=C5C=CC=C5[C@@H]4[C@H]3C2=C1. The summed E-state index contributed by atoms with van der Waals surface area (Å²) in [7, 11) is 0. The van der Waals surface area contributed by atoms with E-state index in [2.05, 4.69) is 48.6 Å². The average Bonchev–Trinajstić information content (AvgIpc) is 2.92. The second-order valence-corrected chi connectivity index (χ2v) is 5.41. The molecule has 0 aromatic rings. The van der Waals surface area contributed by atoms with E-state index < -0.39 is 0 Å². The van der Waals surface area contributed by atoms with Gasteiger partial charge in [-0.15, -0.1) is 0 Å². The third-order valence-electron chi connectivity index (χ3n) is 4.89. The highest BCUT2D eigenvalue weighted by Gasteiger charge is 2.57. The molecular formula is C16H12. The molecule has 0 unspecified atom stereocenters. The predicted octanol–water partition coefficient (Wildman–Crippen LogP) is 3.34. The fraction of sp³-hybridized carbons (Fsp3) is 0.250. The number of allylic oxidation sites excluding steroid dienone is 12. The fourth-order valence-electron chi connectivity index (χ4n) is 4.26. The normalized spacial score (nSPS) is 44.0. The molecule has 0 aromatic heterocycles. The number of hydrogen-bond donors (Lipinski definition) is 0. The van der Waals surface area contributed by atoms with E-state index in [0.717, 1.165) is 23.7 Å². The summed E-state index contributed by atoms with van der Waals surface area (Å²) in [6.45, 7) is 0. The molecule has 0 spiro atoms. The fourth-order valence-corrected chi connectivity index (χ4v) is 4.26. The maximum Gasteiger partial charge on any atom is -0.00120 e. The van der Waals surface area contributed by atoms with Gasteiger partial charge in [-0.1, -0.05) is 48.6 Å². The zero-order chi connectivity index (χ0) is 10.3. The van der Waals surface area contributed by atoms with Crippen molar-refractivity contribution in [1.82, 2.24) is 0 Å². The van der Waals surface area contributed by atoms with Gasteiger partial charge in [-0.25, -0.2) is 0 Å². The van der Waals surface area contributed by atoms with Crippen molar-refractivity contribution in [2.75, 3.05) is 0 Å². The first-order valence-electron chi connectivity index (χ1n) is 6.14. The van der Waals surface area contributed by atoms with Gasteiger partial charge < -0.3 is 0 Å². The van der Waals surface area contributed by atoms with E-state index >= 15 is 0 Å². The number of rotatable bonds is 0. The summed E-state index contributed by atoms with van der Waals surface area (Å²) in [5, 5.41) is 0. The van der Waals surface area contributed by atoms with Gasteiger partial charge in [0.2, 0.25) is 0 Å². The molecule has 0 aromatic carbocycles. The van der Waals surface area contributed by atoms with Crippen LogP contribution in [-0.4, -0.2) is 0 Å². The van der Waals surface area contributed by atoms with Crippen LogP contribution in [0.3, 0.4) is 0 Å². The largest absolute Gasteiger partial charge is 0.0726 e. The zero-order valence-corrected chi connectivity index (χ0v) is 8.93. The van der Waals surface area contributed by atoms with Gasteiger partial charge in [-0.2, -0.15) is 0 Å². The van der Waals surface area contributed by atoms with E-state index in [1.54, 1.807) is 11.1 Å². The maximum atomic E-state index is 2.50. The van der Waals surface area contributed by atoms with Crippen LogP contribution in [0.5, 0.6) is 0 Å². The van der Waals surface area contributed by atoms with Crippen molar-refractivity contribution < 1.29 is 0 Å². The Bertz CT molecular complexity index is 536. The lowest BCUT2D eigenvalue weighted by atomic mass is 9.57. The first-order valence-corrected chi connectivity index (χ1v) is 6.14. The van der Waals surface area contributed by atoms with Gasteiger partial charge >= 0.3 is 0 Å². The van der Waals surface area contributed by atoms with Crippen LogP contribution in [0.25, 0.3) is 0 Å². The summed E-state index contributed by atoms with van der Waals surface area (Å²) < 4.78 is 0. The van der Waals surface area contributed by atoms with Crippen LogP contribution in [0.2, 0.25) is 0 Å². The molecule has 0 amide bonds. The van der Waals surface area contributed by atoms with E-state index in [9.17, 15) is 0 Å². The third kappa shape index (κ3) is 0.640. The predicted molar refractivity (Wildman–Crippen MR) is 64.6 cm³/mol. The van der Waals surface area contributed by atoms with Gasteiger partial charge in [-0.05, 0) is 46.0 Å². The van der Waals surface area contributed by atoms with E-state index in [1.807, 2.05) is 0 Å². The number of hydrogen-bond acceptors (Lipinski definition) is 0. The molecule has 5 rings (SSSR count). The lowest BCUT2D eigenvalue weighted by Crippen LogP contribution is -2.41. The van der Waals surface area contributed by atoms with E-state index in [4.69, 9.17) is 0 Å². The molecule has 0 N–H and O–H groups in total. The molecule has 0 heteroatoms. The van der Waals surface area contributed by atoms with Crippen molar-refractivity contribution in [3.63, 3.8) is 0 Å². The molecule has 1 saturated carbocycles. The molecule has 0 aliphatic heterocycles.